The second-order valence-electron chi connectivity index (χ2n) is 4.25. The van der Waals surface area contributed by atoms with Crippen LogP contribution in [0, 0.1) is 0 Å². The van der Waals surface area contributed by atoms with Crippen LogP contribution in [0.25, 0.3) is 11.1 Å². The summed E-state index contributed by atoms with van der Waals surface area (Å²) in [6.45, 7) is 0. The van der Waals surface area contributed by atoms with E-state index in [2.05, 4.69) is 10.1 Å². The van der Waals surface area contributed by atoms with Crippen LogP contribution in [0.2, 0.25) is 0 Å². The van der Waals surface area contributed by atoms with Crippen LogP contribution in [0.1, 0.15) is 15.9 Å². The Morgan fingerprint density at radius 1 is 1.00 bits per heavy atom. The number of ketones is 1. The summed E-state index contributed by atoms with van der Waals surface area (Å²) in [7, 11) is 1.30. The van der Waals surface area contributed by atoms with Crippen LogP contribution >= 0.6 is 0 Å². The van der Waals surface area contributed by atoms with Gasteiger partial charge in [-0.3, -0.25) is 10.1 Å². The van der Waals surface area contributed by atoms with Crippen molar-refractivity contribution in [1.29, 1.82) is 0 Å². The van der Waals surface area contributed by atoms with Crippen LogP contribution in [0.4, 0.5) is 10.5 Å². The molecule has 0 heterocycles. The van der Waals surface area contributed by atoms with E-state index in [0.29, 0.717) is 16.8 Å². The fraction of sp³-hybridized carbons (Fsp3) is 0.0667. The number of hydrogen-bond donors (Lipinski definition) is 1. The van der Waals surface area contributed by atoms with Crippen LogP contribution in [0.15, 0.2) is 42.5 Å². The molecule has 1 aliphatic carbocycles. The molecule has 0 saturated heterocycles. The average Bonchev–Trinajstić information content (AvgIpc) is 2.73. The number of benzene rings is 2. The molecule has 2 aromatic carbocycles. The van der Waals surface area contributed by atoms with Crippen LogP contribution in [0.5, 0.6) is 0 Å². The lowest BCUT2D eigenvalue weighted by molar-refractivity contribution is 0.104. The molecule has 4 nitrogen and oxygen atoms in total. The molecule has 0 saturated carbocycles. The highest BCUT2D eigenvalue weighted by atomic mass is 16.5. The van der Waals surface area contributed by atoms with Gasteiger partial charge >= 0.3 is 6.09 Å². The minimum atomic E-state index is -0.553. The molecule has 0 spiro atoms. The zero-order valence-corrected chi connectivity index (χ0v) is 10.3. The standard InChI is InChI=1S/C15H11NO3/c1-19-15(18)16-9-6-7-11-10-4-2-3-5-12(10)14(17)13(11)8-9/h2-8H,1H3,(H,16,18). The molecular formula is C15H11NO3. The lowest BCUT2D eigenvalue weighted by atomic mass is 10.1. The molecule has 2 aromatic rings. The number of anilines is 1. The summed E-state index contributed by atoms with van der Waals surface area (Å²) in [6.07, 6.45) is -0.553. The summed E-state index contributed by atoms with van der Waals surface area (Å²) in [4.78, 5) is 23.4. The molecule has 0 aromatic heterocycles. The van der Waals surface area contributed by atoms with Crippen molar-refractivity contribution < 1.29 is 14.3 Å². The van der Waals surface area contributed by atoms with E-state index in [-0.39, 0.29) is 5.78 Å². The Balaban J connectivity index is 2.05. The van der Waals surface area contributed by atoms with E-state index in [1.807, 2.05) is 30.3 Å². The van der Waals surface area contributed by atoms with Gasteiger partial charge in [0.15, 0.2) is 5.78 Å². The van der Waals surface area contributed by atoms with Crippen LogP contribution in [-0.2, 0) is 4.74 Å². The lowest BCUT2D eigenvalue weighted by Gasteiger charge is -2.05. The first kappa shape index (κ1) is 11.5. The van der Waals surface area contributed by atoms with Gasteiger partial charge in [-0.15, -0.1) is 0 Å². The van der Waals surface area contributed by atoms with Gasteiger partial charge in [-0.1, -0.05) is 30.3 Å². The fourth-order valence-electron chi connectivity index (χ4n) is 2.27. The van der Waals surface area contributed by atoms with E-state index in [4.69, 9.17) is 0 Å². The Labute approximate surface area is 110 Å². The molecule has 0 atom stereocenters. The number of ether oxygens (including phenoxy) is 1. The van der Waals surface area contributed by atoms with Crippen molar-refractivity contribution in [1.82, 2.24) is 0 Å². The van der Waals surface area contributed by atoms with Gasteiger partial charge in [0, 0.05) is 16.8 Å². The smallest absolute Gasteiger partial charge is 0.411 e. The summed E-state index contributed by atoms with van der Waals surface area (Å²) < 4.78 is 4.53. The molecule has 19 heavy (non-hydrogen) atoms. The van der Waals surface area contributed by atoms with Crippen LogP contribution in [-0.4, -0.2) is 19.0 Å². The lowest BCUT2D eigenvalue weighted by Crippen LogP contribution is -2.11. The Bertz CT molecular complexity index is 692. The van der Waals surface area contributed by atoms with Gasteiger partial charge in [-0.25, -0.2) is 4.79 Å². The van der Waals surface area contributed by atoms with Crippen molar-refractivity contribution in [3.05, 3.63) is 53.6 Å². The second-order valence-corrected chi connectivity index (χ2v) is 4.25. The Morgan fingerprint density at radius 3 is 2.42 bits per heavy atom. The highest BCUT2D eigenvalue weighted by Gasteiger charge is 2.26. The van der Waals surface area contributed by atoms with Crippen molar-refractivity contribution in [2.45, 2.75) is 0 Å². The Morgan fingerprint density at radius 2 is 1.68 bits per heavy atom. The van der Waals surface area contributed by atoms with Gasteiger partial charge in [0.05, 0.1) is 7.11 Å². The van der Waals surface area contributed by atoms with E-state index in [0.717, 1.165) is 11.1 Å². The molecule has 0 radical (unpaired) electrons. The number of rotatable bonds is 1. The second kappa shape index (κ2) is 4.24. The van der Waals surface area contributed by atoms with Crippen molar-refractivity contribution in [2.75, 3.05) is 12.4 Å². The summed E-state index contributed by atoms with van der Waals surface area (Å²) in [5, 5.41) is 2.56. The number of carbonyl (C=O) groups excluding carboxylic acids is 2. The van der Waals surface area contributed by atoms with E-state index in [1.165, 1.54) is 7.11 Å². The summed E-state index contributed by atoms with van der Waals surface area (Å²) in [5.74, 6) is -0.0147. The Hall–Kier alpha value is -2.62. The highest BCUT2D eigenvalue weighted by molar-refractivity contribution is 6.22. The van der Waals surface area contributed by atoms with E-state index < -0.39 is 6.09 Å². The summed E-state index contributed by atoms with van der Waals surface area (Å²) in [5.41, 5.74) is 3.69. The van der Waals surface area contributed by atoms with Gasteiger partial charge in [0.25, 0.3) is 0 Å². The number of fused-ring (bicyclic) bond motifs is 3. The normalized spacial score (nSPS) is 11.7. The highest BCUT2D eigenvalue weighted by Crippen LogP contribution is 2.37. The monoisotopic (exact) mass is 253 g/mol. The minimum absolute atomic E-state index is 0.0147. The van der Waals surface area contributed by atoms with Crippen LogP contribution < -0.4 is 5.32 Å². The van der Waals surface area contributed by atoms with Crippen molar-refractivity contribution in [3.63, 3.8) is 0 Å². The fourth-order valence-corrected chi connectivity index (χ4v) is 2.27. The van der Waals surface area contributed by atoms with Gasteiger partial charge in [-0.2, -0.15) is 0 Å². The maximum Gasteiger partial charge on any atom is 0.411 e. The van der Waals surface area contributed by atoms with Gasteiger partial charge in [-0.05, 0) is 23.3 Å². The first-order chi connectivity index (χ1) is 9.20. The topological polar surface area (TPSA) is 55.4 Å². The zero-order chi connectivity index (χ0) is 13.4. The molecule has 0 unspecified atom stereocenters. The van der Waals surface area contributed by atoms with Crippen LogP contribution in [0.3, 0.4) is 0 Å². The molecule has 0 aliphatic heterocycles. The van der Waals surface area contributed by atoms with E-state index in [9.17, 15) is 9.59 Å². The summed E-state index contributed by atoms with van der Waals surface area (Å²) >= 11 is 0. The van der Waals surface area contributed by atoms with Gasteiger partial charge in [0.1, 0.15) is 0 Å². The average molecular weight is 253 g/mol. The van der Waals surface area contributed by atoms with E-state index >= 15 is 0 Å². The summed E-state index contributed by atoms with van der Waals surface area (Å²) in [6, 6.07) is 12.7. The maximum absolute atomic E-state index is 12.3. The predicted molar refractivity (Wildman–Crippen MR) is 71.3 cm³/mol. The van der Waals surface area contributed by atoms with Crippen molar-refractivity contribution in [2.24, 2.45) is 0 Å². The SMILES string of the molecule is COC(=O)Nc1ccc2c(c1)C(=O)c1ccccc1-2. The predicted octanol–water partition coefficient (Wildman–Crippen LogP) is 3.08. The molecular weight excluding hydrogens is 242 g/mol. The number of amides is 1. The molecule has 1 N–H and O–H groups in total. The molecule has 94 valence electrons. The molecule has 1 amide bonds. The molecule has 3 rings (SSSR count). The third-order valence-corrected chi connectivity index (χ3v) is 3.16. The number of hydrogen-bond acceptors (Lipinski definition) is 3. The first-order valence-corrected chi connectivity index (χ1v) is 5.84. The third kappa shape index (κ3) is 1.78. The minimum Gasteiger partial charge on any atom is -0.453 e. The Kier molecular flexibility index (Phi) is 2.56. The number of nitrogens with one attached hydrogen (secondary N) is 1. The zero-order valence-electron chi connectivity index (χ0n) is 10.3. The van der Waals surface area contributed by atoms with E-state index in [1.54, 1.807) is 12.1 Å². The molecule has 0 bridgehead atoms. The first-order valence-electron chi connectivity index (χ1n) is 5.84. The molecule has 4 heteroatoms. The largest absolute Gasteiger partial charge is 0.453 e. The number of methoxy groups -OCH3 is 1. The van der Waals surface area contributed by atoms with Crippen molar-refractivity contribution in [3.8, 4) is 11.1 Å². The number of carbonyl (C=O) groups is 2. The van der Waals surface area contributed by atoms with Gasteiger partial charge < -0.3 is 4.74 Å². The van der Waals surface area contributed by atoms with Crippen molar-refractivity contribution >= 4 is 17.6 Å². The quantitative estimate of drug-likeness (QED) is 0.725. The maximum atomic E-state index is 12.3. The third-order valence-electron chi connectivity index (χ3n) is 3.16. The molecule has 0 fully saturated rings. The van der Waals surface area contributed by atoms with Gasteiger partial charge in [0.2, 0.25) is 0 Å². The molecule has 1 aliphatic rings.